The summed E-state index contributed by atoms with van der Waals surface area (Å²) in [6, 6.07) is 0.314. The second kappa shape index (κ2) is 5.69. The summed E-state index contributed by atoms with van der Waals surface area (Å²) in [5, 5.41) is 0. The van der Waals surface area contributed by atoms with Crippen molar-refractivity contribution in [2.75, 3.05) is 6.54 Å². The van der Waals surface area contributed by atoms with Crippen LogP contribution in [0, 0.1) is 0 Å². The van der Waals surface area contributed by atoms with Crippen LogP contribution in [0.25, 0.3) is 0 Å². The van der Waals surface area contributed by atoms with Crippen molar-refractivity contribution in [3.05, 3.63) is 36.4 Å². The number of carbonyl (C=O) groups excluding carboxylic acids is 1. The number of nitrogens with zero attached hydrogens (tertiary/aromatic N) is 5. The molecule has 7 heteroatoms. The van der Waals surface area contributed by atoms with Crippen LogP contribution in [0.1, 0.15) is 29.2 Å². The van der Waals surface area contributed by atoms with E-state index in [9.17, 15) is 4.79 Å². The zero-order chi connectivity index (χ0) is 14.8. The number of carbonyl (C=O) groups is 1. The molecule has 1 aliphatic carbocycles. The van der Waals surface area contributed by atoms with Gasteiger partial charge in [0.25, 0.3) is 5.91 Å². The van der Waals surface area contributed by atoms with E-state index in [4.69, 9.17) is 5.73 Å². The van der Waals surface area contributed by atoms with E-state index in [0.29, 0.717) is 31.4 Å². The lowest BCUT2D eigenvalue weighted by Crippen LogP contribution is -2.33. The van der Waals surface area contributed by atoms with E-state index in [0.717, 1.165) is 18.7 Å². The van der Waals surface area contributed by atoms with Gasteiger partial charge in [0.15, 0.2) is 0 Å². The molecule has 2 heterocycles. The third-order valence-corrected chi connectivity index (χ3v) is 3.72. The second-order valence-corrected chi connectivity index (χ2v) is 5.40. The van der Waals surface area contributed by atoms with Crippen LogP contribution in [0.5, 0.6) is 0 Å². The van der Waals surface area contributed by atoms with Gasteiger partial charge in [-0.1, -0.05) is 0 Å². The van der Waals surface area contributed by atoms with Gasteiger partial charge in [-0.05, 0) is 12.8 Å². The summed E-state index contributed by atoms with van der Waals surface area (Å²) in [5.41, 5.74) is 5.99. The van der Waals surface area contributed by atoms with Gasteiger partial charge in [0, 0.05) is 44.8 Å². The molecule has 1 aliphatic rings. The lowest BCUT2D eigenvalue weighted by molar-refractivity contribution is 0.0718. The average Bonchev–Trinajstić information content (AvgIpc) is 3.07. The summed E-state index contributed by atoms with van der Waals surface area (Å²) >= 11 is 0. The van der Waals surface area contributed by atoms with Crippen LogP contribution in [0.15, 0.2) is 24.9 Å². The first-order chi connectivity index (χ1) is 10.2. The first-order valence-electron chi connectivity index (χ1n) is 7.18. The molecule has 0 aliphatic heterocycles. The maximum absolute atomic E-state index is 12.7. The molecule has 7 nitrogen and oxygen atoms in total. The van der Waals surface area contributed by atoms with E-state index in [-0.39, 0.29) is 5.91 Å². The van der Waals surface area contributed by atoms with Gasteiger partial charge in [-0.2, -0.15) is 0 Å². The number of nitrogens with two attached hydrogens (primary N) is 1. The number of hydrogen-bond donors (Lipinski definition) is 1. The highest BCUT2D eigenvalue weighted by Crippen LogP contribution is 2.29. The van der Waals surface area contributed by atoms with Crippen molar-refractivity contribution < 1.29 is 4.79 Å². The van der Waals surface area contributed by atoms with Gasteiger partial charge in [-0.15, -0.1) is 0 Å². The molecule has 0 aromatic carbocycles. The van der Waals surface area contributed by atoms with E-state index in [1.54, 1.807) is 18.7 Å². The molecule has 1 saturated carbocycles. The molecular formula is C14H20N6O. The van der Waals surface area contributed by atoms with Crippen molar-refractivity contribution in [3.63, 3.8) is 0 Å². The van der Waals surface area contributed by atoms with Crippen molar-refractivity contribution in [1.29, 1.82) is 0 Å². The Morgan fingerprint density at radius 3 is 2.90 bits per heavy atom. The molecule has 0 atom stereocenters. The molecule has 0 radical (unpaired) electrons. The van der Waals surface area contributed by atoms with Gasteiger partial charge in [0.1, 0.15) is 11.5 Å². The molecule has 0 saturated heterocycles. The molecule has 0 bridgehead atoms. The van der Waals surface area contributed by atoms with Crippen molar-refractivity contribution in [3.8, 4) is 0 Å². The van der Waals surface area contributed by atoms with Gasteiger partial charge in [0.2, 0.25) is 0 Å². The maximum Gasteiger partial charge on any atom is 0.274 e. The number of aryl methyl sites for hydroxylation is 1. The Morgan fingerprint density at radius 2 is 2.29 bits per heavy atom. The second-order valence-electron chi connectivity index (χ2n) is 5.40. The van der Waals surface area contributed by atoms with Crippen LogP contribution >= 0.6 is 0 Å². The fourth-order valence-corrected chi connectivity index (χ4v) is 2.34. The SMILES string of the molecule is Cn1ccnc1CN(C(=O)c1cn(CCN)cn1)C1CC1. The molecule has 2 N–H and O–H groups in total. The molecule has 2 aromatic rings. The molecule has 1 fully saturated rings. The van der Waals surface area contributed by atoms with Gasteiger partial charge in [-0.3, -0.25) is 4.79 Å². The predicted molar refractivity (Wildman–Crippen MR) is 77.4 cm³/mol. The van der Waals surface area contributed by atoms with E-state index in [1.165, 1.54) is 0 Å². The first-order valence-corrected chi connectivity index (χ1v) is 7.18. The Bertz CT molecular complexity index is 627. The Morgan fingerprint density at radius 1 is 1.48 bits per heavy atom. The molecule has 2 aromatic heterocycles. The summed E-state index contributed by atoms with van der Waals surface area (Å²) in [5.74, 6) is 0.855. The lowest BCUT2D eigenvalue weighted by atomic mass is 10.3. The minimum absolute atomic E-state index is 0.0312. The minimum Gasteiger partial charge on any atom is -0.337 e. The van der Waals surface area contributed by atoms with Crippen molar-refractivity contribution in [1.82, 2.24) is 24.0 Å². The molecule has 21 heavy (non-hydrogen) atoms. The van der Waals surface area contributed by atoms with Gasteiger partial charge in [-0.25, -0.2) is 9.97 Å². The van der Waals surface area contributed by atoms with Crippen molar-refractivity contribution in [2.24, 2.45) is 12.8 Å². The Labute approximate surface area is 123 Å². The van der Waals surface area contributed by atoms with Gasteiger partial charge in [0.05, 0.1) is 12.9 Å². The lowest BCUT2D eigenvalue weighted by Gasteiger charge is -2.21. The number of rotatable bonds is 6. The van der Waals surface area contributed by atoms with Gasteiger partial charge < -0.3 is 19.8 Å². The molecule has 0 spiro atoms. The summed E-state index contributed by atoms with van der Waals surface area (Å²) in [6.07, 6.45) is 9.18. The third kappa shape index (κ3) is 2.97. The zero-order valence-electron chi connectivity index (χ0n) is 12.1. The largest absolute Gasteiger partial charge is 0.337 e. The summed E-state index contributed by atoms with van der Waals surface area (Å²) in [7, 11) is 1.94. The Balaban J connectivity index is 1.76. The van der Waals surface area contributed by atoms with E-state index in [1.807, 2.05) is 27.3 Å². The number of hydrogen-bond acceptors (Lipinski definition) is 4. The first kappa shape index (κ1) is 13.8. The fourth-order valence-electron chi connectivity index (χ4n) is 2.34. The highest BCUT2D eigenvalue weighted by molar-refractivity contribution is 5.92. The van der Waals surface area contributed by atoms with E-state index in [2.05, 4.69) is 9.97 Å². The smallest absolute Gasteiger partial charge is 0.274 e. The number of imidazole rings is 2. The summed E-state index contributed by atoms with van der Waals surface area (Å²) in [4.78, 5) is 23.0. The number of aromatic nitrogens is 4. The van der Waals surface area contributed by atoms with Crippen LogP contribution in [-0.4, -0.2) is 42.5 Å². The van der Waals surface area contributed by atoms with Gasteiger partial charge >= 0.3 is 0 Å². The fraction of sp³-hybridized carbons (Fsp3) is 0.500. The highest BCUT2D eigenvalue weighted by atomic mass is 16.2. The van der Waals surface area contributed by atoms with Crippen LogP contribution in [0.2, 0.25) is 0 Å². The molecular weight excluding hydrogens is 268 g/mol. The topological polar surface area (TPSA) is 82.0 Å². The van der Waals surface area contributed by atoms with E-state index < -0.39 is 0 Å². The van der Waals surface area contributed by atoms with Crippen LogP contribution in [0.3, 0.4) is 0 Å². The summed E-state index contributed by atoms with van der Waals surface area (Å²) in [6.45, 7) is 1.73. The molecule has 112 valence electrons. The van der Waals surface area contributed by atoms with Crippen LogP contribution < -0.4 is 5.73 Å². The predicted octanol–water partition coefficient (Wildman–Crippen LogP) is 0.380. The summed E-state index contributed by atoms with van der Waals surface area (Å²) < 4.78 is 3.79. The minimum atomic E-state index is -0.0312. The third-order valence-electron chi connectivity index (χ3n) is 3.72. The molecule has 1 amide bonds. The molecule has 3 rings (SSSR count). The monoisotopic (exact) mass is 288 g/mol. The highest BCUT2D eigenvalue weighted by Gasteiger charge is 2.34. The Hall–Kier alpha value is -2.15. The standard InChI is InChI=1S/C14H20N6O/c1-18-7-5-16-13(18)9-20(11-2-3-11)14(21)12-8-19(6-4-15)10-17-12/h5,7-8,10-11H,2-4,6,9,15H2,1H3. The normalized spacial score (nSPS) is 14.4. The zero-order valence-corrected chi connectivity index (χ0v) is 12.1. The number of amides is 1. The Kier molecular flexibility index (Phi) is 3.74. The van der Waals surface area contributed by atoms with Crippen LogP contribution in [0.4, 0.5) is 0 Å². The van der Waals surface area contributed by atoms with Crippen LogP contribution in [-0.2, 0) is 20.1 Å². The average molecular weight is 288 g/mol. The maximum atomic E-state index is 12.7. The van der Waals surface area contributed by atoms with Crippen molar-refractivity contribution >= 4 is 5.91 Å². The quantitative estimate of drug-likeness (QED) is 0.833. The molecule has 0 unspecified atom stereocenters. The van der Waals surface area contributed by atoms with Crippen molar-refractivity contribution in [2.45, 2.75) is 32.0 Å². The van der Waals surface area contributed by atoms with E-state index >= 15 is 0 Å².